The summed E-state index contributed by atoms with van der Waals surface area (Å²) < 4.78 is 5.50. The zero-order valence-corrected chi connectivity index (χ0v) is 52.0. The van der Waals surface area contributed by atoms with Crippen molar-refractivity contribution in [1.82, 2.24) is 5.32 Å². The van der Waals surface area contributed by atoms with Crippen LogP contribution in [0.4, 0.5) is 0 Å². The summed E-state index contributed by atoms with van der Waals surface area (Å²) >= 11 is 0. The Bertz CT molecular complexity index is 1250. The van der Waals surface area contributed by atoms with Crippen molar-refractivity contribution in [2.75, 3.05) is 13.2 Å². The highest BCUT2D eigenvalue weighted by molar-refractivity contribution is 5.76. The molecule has 1 amide bonds. The molecule has 77 heavy (non-hydrogen) atoms. The quantitative estimate of drug-likeness (QED) is 0.0320. The standard InChI is InChI=1S/C71H135NO5/c1-3-5-7-9-11-13-15-17-19-21-33-37-41-45-49-53-57-61-65-71(76)77-66-62-58-54-50-46-42-38-34-30-28-26-24-22-23-25-27-29-32-36-40-44-48-52-56-60-64-70(75)72-68(67-73)69(74)63-59-55-51-47-43-39-35-31-20-18-16-14-12-10-8-6-4-2/h13,15,19,21,59,63,68-69,73-74H,3-12,14,16-18,20,22-58,60-62,64-67H2,1-2H3,(H,72,75)/b15-13-,21-19-,63-59+. The maximum Gasteiger partial charge on any atom is 0.305 e. The van der Waals surface area contributed by atoms with Gasteiger partial charge in [-0.25, -0.2) is 0 Å². The van der Waals surface area contributed by atoms with Crippen LogP contribution < -0.4 is 5.32 Å². The summed E-state index contributed by atoms with van der Waals surface area (Å²) in [7, 11) is 0. The molecule has 0 rings (SSSR count). The maximum atomic E-state index is 12.5. The Morgan fingerprint density at radius 2 is 0.649 bits per heavy atom. The number of allylic oxidation sites excluding steroid dienone is 5. The van der Waals surface area contributed by atoms with E-state index in [1.54, 1.807) is 6.08 Å². The molecule has 0 saturated heterocycles. The number of unbranched alkanes of at least 4 members (excludes halogenated alkanes) is 50. The van der Waals surface area contributed by atoms with Gasteiger partial charge in [0.05, 0.1) is 25.4 Å². The van der Waals surface area contributed by atoms with Crippen LogP contribution in [0, 0.1) is 0 Å². The number of carbonyl (C=O) groups is 2. The molecule has 2 unspecified atom stereocenters. The number of nitrogens with one attached hydrogen (secondary N) is 1. The minimum absolute atomic E-state index is 0.00905. The molecule has 6 nitrogen and oxygen atoms in total. The van der Waals surface area contributed by atoms with Crippen molar-refractivity contribution < 1.29 is 24.5 Å². The molecule has 0 bridgehead atoms. The number of hydrogen-bond acceptors (Lipinski definition) is 5. The predicted molar refractivity (Wildman–Crippen MR) is 338 cm³/mol. The van der Waals surface area contributed by atoms with Crippen LogP contribution in [-0.2, 0) is 14.3 Å². The molecule has 0 radical (unpaired) electrons. The lowest BCUT2D eigenvalue weighted by Gasteiger charge is -2.20. The number of amides is 1. The van der Waals surface area contributed by atoms with Gasteiger partial charge in [-0.15, -0.1) is 0 Å². The molecule has 0 fully saturated rings. The number of hydrogen-bond donors (Lipinski definition) is 3. The SMILES string of the molecule is CCCCCC/C=C\C/C=C\CCCCCCCCCC(=O)OCCCCCCCCCCCCCCCCCCCCCCCCCCCC(=O)NC(CO)C(O)/C=C/CCCCCCCCCCCCCCCCC. The zero-order chi connectivity index (χ0) is 55.7. The van der Waals surface area contributed by atoms with Gasteiger partial charge in [0.2, 0.25) is 5.91 Å². The lowest BCUT2D eigenvalue weighted by molar-refractivity contribution is -0.143. The molecule has 3 N–H and O–H groups in total. The van der Waals surface area contributed by atoms with Crippen molar-refractivity contribution >= 4 is 11.9 Å². The molecule has 454 valence electrons. The molecule has 0 spiro atoms. The van der Waals surface area contributed by atoms with Crippen LogP contribution in [0.2, 0.25) is 0 Å². The van der Waals surface area contributed by atoms with Crippen molar-refractivity contribution in [3.63, 3.8) is 0 Å². The summed E-state index contributed by atoms with van der Waals surface area (Å²) in [4.78, 5) is 24.6. The average Bonchev–Trinajstić information content (AvgIpc) is 3.43. The first-order valence-electron chi connectivity index (χ1n) is 34.8. The van der Waals surface area contributed by atoms with E-state index in [9.17, 15) is 19.8 Å². The molecule has 0 aliphatic rings. The molecule has 0 aliphatic heterocycles. The number of carbonyl (C=O) groups excluding carboxylic acids is 2. The Morgan fingerprint density at radius 1 is 0.364 bits per heavy atom. The van der Waals surface area contributed by atoms with Crippen LogP contribution in [0.1, 0.15) is 380 Å². The fourth-order valence-electron chi connectivity index (χ4n) is 10.8. The van der Waals surface area contributed by atoms with Gasteiger partial charge in [0.25, 0.3) is 0 Å². The van der Waals surface area contributed by atoms with Crippen molar-refractivity contribution in [3.05, 3.63) is 36.5 Å². The second kappa shape index (κ2) is 66.6. The first-order chi connectivity index (χ1) is 38.0. The molecule has 0 aromatic rings. The van der Waals surface area contributed by atoms with Crippen LogP contribution >= 0.6 is 0 Å². The molecular weight excluding hydrogens is 947 g/mol. The molecule has 6 heteroatoms. The maximum absolute atomic E-state index is 12.5. The van der Waals surface area contributed by atoms with E-state index in [0.29, 0.717) is 19.4 Å². The Morgan fingerprint density at radius 3 is 1.00 bits per heavy atom. The van der Waals surface area contributed by atoms with E-state index < -0.39 is 12.1 Å². The summed E-state index contributed by atoms with van der Waals surface area (Å²) in [5.41, 5.74) is 0. The van der Waals surface area contributed by atoms with Crippen molar-refractivity contribution in [2.24, 2.45) is 0 Å². The zero-order valence-electron chi connectivity index (χ0n) is 52.0. The second-order valence-corrected chi connectivity index (χ2v) is 23.9. The Hall–Kier alpha value is -1.92. The predicted octanol–water partition coefficient (Wildman–Crippen LogP) is 22.3. The molecule has 0 aliphatic carbocycles. The number of esters is 1. The number of ether oxygens (including phenoxy) is 1. The van der Waals surface area contributed by atoms with Crippen molar-refractivity contribution in [1.29, 1.82) is 0 Å². The first kappa shape index (κ1) is 75.1. The van der Waals surface area contributed by atoms with Gasteiger partial charge < -0.3 is 20.3 Å². The minimum Gasteiger partial charge on any atom is -0.466 e. The third kappa shape index (κ3) is 63.1. The van der Waals surface area contributed by atoms with Crippen LogP contribution in [-0.4, -0.2) is 47.4 Å². The van der Waals surface area contributed by atoms with Crippen LogP contribution in [0.5, 0.6) is 0 Å². The van der Waals surface area contributed by atoms with Gasteiger partial charge in [0, 0.05) is 12.8 Å². The van der Waals surface area contributed by atoms with Gasteiger partial charge in [0.1, 0.15) is 0 Å². The van der Waals surface area contributed by atoms with Gasteiger partial charge >= 0.3 is 5.97 Å². The highest BCUT2D eigenvalue weighted by Crippen LogP contribution is 2.18. The smallest absolute Gasteiger partial charge is 0.305 e. The van der Waals surface area contributed by atoms with Gasteiger partial charge in [-0.2, -0.15) is 0 Å². The Labute approximate surface area is 481 Å². The van der Waals surface area contributed by atoms with Gasteiger partial charge in [-0.05, 0) is 64.2 Å². The molecule has 0 saturated carbocycles. The molecular formula is C71H135NO5. The van der Waals surface area contributed by atoms with Crippen molar-refractivity contribution in [3.8, 4) is 0 Å². The number of aliphatic hydroxyl groups excluding tert-OH is 2. The van der Waals surface area contributed by atoms with Gasteiger partial charge in [-0.3, -0.25) is 9.59 Å². The molecule has 0 aromatic heterocycles. The lowest BCUT2D eigenvalue weighted by atomic mass is 10.0. The van der Waals surface area contributed by atoms with E-state index in [1.807, 2.05) is 6.08 Å². The Kier molecular flexibility index (Phi) is 64.9. The summed E-state index contributed by atoms with van der Waals surface area (Å²) in [6, 6.07) is -0.627. The van der Waals surface area contributed by atoms with Crippen LogP contribution in [0.25, 0.3) is 0 Å². The minimum atomic E-state index is -0.844. The summed E-state index contributed by atoms with van der Waals surface area (Å²) in [6.45, 7) is 4.91. The highest BCUT2D eigenvalue weighted by Gasteiger charge is 2.18. The highest BCUT2D eigenvalue weighted by atomic mass is 16.5. The van der Waals surface area contributed by atoms with Crippen LogP contribution in [0.3, 0.4) is 0 Å². The molecule has 0 aromatic carbocycles. The fourth-order valence-corrected chi connectivity index (χ4v) is 10.8. The van der Waals surface area contributed by atoms with Crippen molar-refractivity contribution in [2.45, 2.75) is 392 Å². The molecule has 2 atom stereocenters. The number of rotatable bonds is 65. The average molecular weight is 1080 g/mol. The fraction of sp³-hybridized carbons (Fsp3) is 0.887. The molecule has 0 heterocycles. The third-order valence-electron chi connectivity index (χ3n) is 16.2. The lowest BCUT2D eigenvalue weighted by Crippen LogP contribution is -2.45. The van der Waals surface area contributed by atoms with E-state index >= 15 is 0 Å². The Balaban J connectivity index is 3.38. The van der Waals surface area contributed by atoms with Crippen LogP contribution in [0.15, 0.2) is 36.5 Å². The largest absolute Gasteiger partial charge is 0.466 e. The monoisotopic (exact) mass is 1080 g/mol. The second-order valence-electron chi connectivity index (χ2n) is 23.9. The summed E-state index contributed by atoms with van der Waals surface area (Å²) in [6.07, 6.45) is 85.0. The topological polar surface area (TPSA) is 95.9 Å². The van der Waals surface area contributed by atoms with E-state index in [2.05, 4.69) is 43.5 Å². The van der Waals surface area contributed by atoms with E-state index in [0.717, 1.165) is 51.4 Å². The first-order valence-corrected chi connectivity index (χ1v) is 34.8. The summed E-state index contributed by atoms with van der Waals surface area (Å²) in [5, 5.41) is 23.2. The van der Waals surface area contributed by atoms with E-state index in [1.165, 1.54) is 302 Å². The summed E-state index contributed by atoms with van der Waals surface area (Å²) in [5.74, 6) is -0.0546. The van der Waals surface area contributed by atoms with E-state index in [4.69, 9.17) is 4.74 Å². The third-order valence-corrected chi connectivity index (χ3v) is 16.2. The van der Waals surface area contributed by atoms with Gasteiger partial charge in [0.15, 0.2) is 0 Å². The van der Waals surface area contributed by atoms with E-state index in [-0.39, 0.29) is 18.5 Å². The van der Waals surface area contributed by atoms with Gasteiger partial charge in [-0.1, -0.05) is 339 Å². The normalized spacial score (nSPS) is 12.7. The number of aliphatic hydroxyl groups is 2.